The lowest BCUT2D eigenvalue weighted by atomic mass is 9.93. The number of fused-ring (bicyclic) bond motifs is 2. The maximum absolute atomic E-state index is 13.8. The minimum absolute atomic E-state index is 0.0670. The Kier molecular flexibility index (Phi) is 8.25. The molecule has 2 aromatic carbocycles. The van der Waals surface area contributed by atoms with Gasteiger partial charge in [-0.3, -0.25) is 0 Å². The smallest absolute Gasteiger partial charge is 0.321 e. The summed E-state index contributed by atoms with van der Waals surface area (Å²) in [7, 11) is -2.26. The lowest BCUT2D eigenvalue weighted by Gasteiger charge is -2.37. The van der Waals surface area contributed by atoms with Gasteiger partial charge in [-0.2, -0.15) is 4.31 Å². The molecule has 5 rings (SSSR count). The number of nitrogens with one attached hydrogen (secondary N) is 1. The molecule has 3 atom stereocenters. The van der Waals surface area contributed by atoms with Crippen LogP contribution < -0.4 is 19.5 Å². The van der Waals surface area contributed by atoms with Crippen molar-refractivity contribution < 1.29 is 32.5 Å². The number of aliphatic hydroxyl groups is 1. The highest BCUT2D eigenvalue weighted by Crippen LogP contribution is 2.38. The fourth-order valence-corrected chi connectivity index (χ4v) is 7.12. The van der Waals surface area contributed by atoms with Gasteiger partial charge in [0.05, 0.1) is 13.2 Å². The highest BCUT2D eigenvalue weighted by atomic mass is 32.2. The van der Waals surface area contributed by atoms with Gasteiger partial charge in [-0.05, 0) is 68.0 Å². The lowest BCUT2D eigenvalue weighted by molar-refractivity contribution is 0.0830. The molecule has 0 saturated heterocycles. The molecule has 3 aliphatic rings. The van der Waals surface area contributed by atoms with Crippen LogP contribution >= 0.6 is 0 Å². The van der Waals surface area contributed by atoms with E-state index in [9.17, 15) is 18.3 Å². The molecule has 2 amide bonds. The number of likely N-dealkylation sites (N-methyl/N-ethyl adjacent to an activating group) is 1. The van der Waals surface area contributed by atoms with Crippen LogP contribution in [-0.2, 0) is 10.0 Å². The lowest BCUT2D eigenvalue weighted by Crippen LogP contribution is -2.50. The van der Waals surface area contributed by atoms with Crippen LogP contribution in [0.5, 0.6) is 17.2 Å². The Bertz CT molecular complexity index is 1390. The monoisotopic (exact) mass is 571 g/mol. The molecule has 216 valence electrons. The predicted octanol–water partition coefficient (Wildman–Crippen LogP) is 4.31. The number of anilines is 1. The van der Waals surface area contributed by atoms with Crippen LogP contribution in [0.4, 0.5) is 10.5 Å². The Labute approximate surface area is 235 Å². The number of carbonyl (C=O) groups excluding carboxylic acids is 1. The van der Waals surface area contributed by atoms with Crippen LogP contribution in [0.3, 0.4) is 0 Å². The van der Waals surface area contributed by atoms with Gasteiger partial charge in [0.15, 0.2) is 11.5 Å². The standard InChI is InChI=1S/C29H37N3O7S/c1-19-15-32(20(2)17-33)40(35,36)28-12-9-22(21-7-5-4-6-8-21)13-26(28)39-27(19)16-31(3)29(34)30-23-10-11-24-25(14-23)38-18-37-24/h7,9-14,19-20,27,33H,4-6,8,15-18H2,1-3H3,(H,30,34)/t19-,20-,27+/m1/s1. The van der Waals surface area contributed by atoms with Crippen molar-refractivity contribution in [2.45, 2.75) is 56.6 Å². The van der Waals surface area contributed by atoms with Gasteiger partial charge in [0.2, 0.25) is 16.8 Å². The Balaban J connectivity index is 1.42. The van der Waals surface area contributed by atoms with Gasteiger partial charge in [-0.25, -0.2) is 13.2 Å². The summed E-state index contributed by atoms with van der Waals surface area (Å²) in [6, 6.07) is 9.48. The Morgan fingerprint density at radius 1 is 1.15 bits per heavy atom. The first kappa shape index (κ1) is 28.3. The quantitative estimate of drug-likeness (QED) is 0.531. The molecule has 2 N–H and O–H groups in total. The van der Waals surface area contributed by atoms with Crippen molar-refractivity contribution >= 4 is 27.3 Å². The van der Waals surface area contributed by atoms with Crippen LogP contribution in [0.25, 0.3) is 5.57 Å². The highest BCUT2D eigenvalue weighted by Gasteiger charge is 2.38. The summed E-state index contributed by atoms with van der Waals surface area (Å²) in [6.07, 6.45) is 5.86. The van der Waals surface area contributed by atoms with Gasteiger partial charge >= 0.3 is 6.03 Å². The van der Waals surface area contributed by atoms with Crippen LogP contribution in [0.15, 0.2) is 47.4 Å². The van der Waals surface area contributed by atoms with Crippen LogP contribution in [0.2, 0.25) is 0 Å². The second-order valence-electron chi connectivity index (χ2n) is 10.8. The van der Waals surface area contributed by atoms with Crippen molar-refractivity contribution in [2.75, 3.05) is 38.9 Å². The largest absolute Gasteiger partial charge is 0.487 e. The van der Waals surface area contributed by atoms with Crippen molar-refractivity contribution in [3.05, 3.63) is 48.0 Å². The van der Waals surface area contributed by atoms with E-state index in [-0.39, 0.29) is 49.1 Å². The normalized spacial score (nSPS) is 22.6. The molecule has 0 aromatic heterocycles. The number of amides is 2. The summed E-state index contributed by atoms with van der Waals surface area (Å²) >= 11 is 0. The highest BCUT2D eigenvalue weighted by molar-refractivity contribution is 7.89. The zero-order valence-corrected chi connectivity index (χ0v) is 23.9. The number of ether oxygens (including phenoxy) is 3. The number of hydrogen-bond acceptors (Lipinski definition) is 7. The van der Waals surface area contributed by atoms with Crippen molar-refractivity contribution in [3.63, 3.8) is 0 Å². The minimum Gasteiger partial charge on any atom is -0.487 e. The number of sulfonamides is 1. The zero-order chi connectivity index (χ0) is 28.4. The van der Waals surface area contributed by atoms with Gasteiger partial charge < -0.3 is 29.5 Å². The van der Waals surface area contributed by atoms with E-state index in [0.29, 0.717) is 17.2 Å². The first-order valence-corrected chi connectivity index (χ1v) is 15.2. The third-order valence-corrected chi connectivity index (χ3v) is 9.77. The van der Waals surface area contributed by atoms with Crippen molar-refractivity contribution in [2.24, 2.45) is 5.92 Å². The molecule has 0 bridgehead atoms. The Morgan fingerprint density at radius 2 is 1.95 bits per heavy atom. The van der Waals surface area contributed by atoms with E-state index < -0.39 is 22.2 Å². The summed E-state index contributed by atoms with van der Waals surface area (Å²) in [5.74, 6) is 1.18. The molecule has 1 aliphatic carbocycles. The molecule has 2 aromatic rings. The summed E-state index contributed by atoms with van der Waals surface area (Å²) in [6.45, 7) is 3.78. The summed E-state index contributed by atoms with van der Waals surface area (Å²) in [4.78, 5) is 14.7. The minimum atomic E-state index is -3.93. The number of carbonyl (C=O) groups is 1. The number of allylic oxidation sites excluding steroid dienone is 2. The predicted molar refractivity (Wildman–Crippen MR) is 151 cm³/mol. The summed E-state index contributed by atoms with van der Waals surface area (Å²) in [5, 5.41) is 12.8. The van der Waals surface area contributed by atoms with E-state index in [1.54, 1.807) is 38.2 Å². The molecule has 0 spiro atoms. The van der Waals surface area contributed by atoms with Crippen molar-refractivity contribution in [3.8, 4) is 17.2 Å². The first-order valence-electron chi connectivity index (χ1n) is 13.7. The van der Waals surface area contributed by atoms with Crippen molar-refractivity contribution in [1.82, 2.24) is 9.21 Å². The van der Waals surface area contributed by atoms with E-state index in [4.69, 9.17) is 14.2 Å². The molecule has 2 heterocycles. The number of nitrogens with zero attached hydrogens (tertiary/aromatic N) is 2. The van der Waals surface area contributed by atoms with Gasteiger partial charge in [0.1, 0.15) is 16.7 Å². The number of benzene rings is 2. The van der Waals surface area contributed by atoms with E-state index in [2.05, 4.69) is 11.4 Å². The topological polar surface area (TPSA) is 118 Å². The number of rotatable bonds is 6. The van der Waals surface area contributed by atoms with Crippen LogP contribution in [0.1, 0.15) is 45.1 Å². The van der Waals surface area contributed by atoms with Crippen LogP contribution in [0, 0.1) is 5.92 Å². The maximum atomic E-state index is 13.8. The zero-order valence-electron chi connectivity index (χ0n) is 23.1. The van der Waals surface area contributed by atoms with E-state index in [1.807, 2.05) is 19.1 Å². The molecule has 0 saturated carbocycles. The molecular formula is C29H37N3O7S. The summed E-state index contributed by atoms with van der Waals surface area (Å²) < 4.78 is 46.1. The summed E-state index contributed by atoms with van der Waals surface area (Å²) in [5.41, 5.74) is 2.69. The molecular weight excluding hydrogens is 534 g/mol. The molecule has 0 radical (unpaired) electrons. The van der Waals surface area contributed by atoms with Gasteiger partial charge in [0, 0.05) is 37.3 Å². The van der Waals surface area contributed by atoms with Crippen LogP contribution in [-0.4, -0.2) is 74.4 Å². The second kappa shape index (κ2) is 11.7. The SMILES string of the molecule is C[C@@H]1CN([C@H](C)CO)S(=O)(=O)c2ccc(C3=CCCCC3)cc2O[C@H]1CN(C)C(=O)Nc1ccc2c(c1)OCO2. The Morgan fingerprint density at radius 3 is 2.70 bits per heavy atom. The average molecular weight is 572 g/mol. The number of aliphatic hydroxyl groups excluding tert-OH is 1. The maximum Gasteiger partial charge on any atom is 0.321 e. The molecule has 2 aliphatic heterocycles. The molecule has 0 unspecified atom stereocenters. The van der Waals surface area contributed by atoms with Gasteiger partial charge in [-0.15, -0.1) is 0 Å². The third-order valence-electron chi connectivity index (χ3n) is 7.75. The first-order chi connectivity index (χ1) is 19.2. The molecule has 40 heavy (non-hydrogen) atoms. The van der Waals surface area contributed by atoms with E-state index in [0.717, 1.165) is 31.2 Å². The molecule has 10 nitrogen and oxygen atoms in total. The molecule has 11 heteroatoms. The van der Waals surface area contributed by atoms with E-state index >= 15 is 0 Å². The third kappa shape index (κ3) is 5.77. The fraction of sp³-hybridized carbons (Fsp3) is 0.483. The number of hydrogen-bond donors (Lipinski definition) is 2. The Hall–Kier alpha value is -3.28. The average Bonchev–Trinajstić information content (AvgIpc) is 3.42. The van der Waals surface area contributed by atoms with Gasteiger partial charge in [0.25, 0.3) is 0 Å². The second-order valence-corrected chi connectivity index (χ2v) is 12.6. The van der Waals surface area contributed by atoms with Gasteiger partial charge in [-0.1, -0.05) is 19.1 Å². The fourth-order valence-electron chi connectivity index (χ4n) is 5.29. The molecule has 0 fully saturated rings. The van der Waals surface area contributed by atoms with Crippen molar-refractivity contribution in [1.29, 1.82) is 0 Å². The van der Waals surface area contributed by atoms with E-state index in [1.165, 1.54) is 14.8 Å². The number of urea groups is 1.